The minimum absolute atomic E-state index is 0.151. The van der Waals surface area contributed by atoms with Gasteiger partial charge in [-0.3, -0.25) is 23.9 Å². The van der Waals surface area contributed by atoms with Crippen molar-refractivity contribution in [2.45, 2.75) is 18.5 Å². The van der Waals surface area contributed by atoms with Gasteiger partial charge in [0, 0.05) is 35.9 Å². The van der Waals surface area contributed by atoms with Crippen LogP contribution in [0.4, 0.5) is 0 Å². The first-order valence-electron chi connectivity index (χ1n) is 10.6. The minimum Gasteiger partial charge on any atom is -0.346 e. The van der Waals surface area contributed by atoms with E-state index in [9.17, 15) is 14.4 Å². The number of nitrogens with zero attached hydrogens (tertiary/aromatic N) is 2. The van der Waals surface area contributed by atoms with E-state index in [1.54, 1.807) is 67.1 Å². The molecular weight excluding hydrogens is 472 g/mol. The molecule has 9 heteroatoms. The fourth-order valence-electron chi connectivity index (χ4n) is 4.11. The number of fused-ring (bicyclic) bond motifs is 1. The molecule has 0 bridgehead atoms. The van der Waals surface area contributed by atoms with Gasteiger partial charge in [0.2, 0.25) is 0 Å². The minimum atomic E-state index is -0.415. The summed E-state index contributed by atoms with van der Waals surface area (Å²) in [4.78, 5) is 42.6. The summed E-state index contributed by atoms with van der Waals surface area (Å²) < 4.78 is 2.04. The molecule has 34 heavy (non-hydrogen) atoms. The van der Waals surface area contributed by atoms with Gasteiger partial charge in [-0.2, -0.15) is 0 Å². The maximum absolute atomic E-state index is 13.1. The van der Waals surface area contributed by atoms with Crippen molar-refractivity contribution in [3.63, 3.8) is 0 Å². The Labute approximate surface area is 204 Å². The van der Waals surface area contributed by atoms with Crippen LogP contribution in [-0.4, -0.2) is 27.4 Å². The lowest BCUT2D eigenvalue weighted by Gasteiger charge is -2.23. The molecule has 1 aliphatic carbocycles. The topological polar surface area (TPSA) is 93.1 Å². The van der Waals surface area contributed by atoms with Crippen molar-refractivity contribution in [2.75, 3.05) is 0 Å². The number of hydrogen-bond donors (Lipinski definition) is 2. The fourth-order valence-corrected chi connectivity index (χ4v) is 5.06. The van der Waals surface area contributed by atoms with Crippen molar-refractivity contribution in [1.82, 2.24) is 20.2 Å². The summed E-state index contributed by atoms with van der Waals surface area (Å²) in [6, 6.07) is 16.2. The first-order chi connectivity index (χ1) is 16.5. The smallest absolute Gasteiger partial charge is 0.261 e. The van der Waals surface area contributed by atoms with Gasteiger partial charge in [-0.25, -0.2) is 0 Å². The highest BCUT2D eigenvalue weighted by atomic mass is 35.5. The number of aromatic nitrogens is 2. The summed E-state index contributed by atoms with van der Waals surface area (Å²) in [6.45, 7) is 0. The second-order valence-corrected chi connectivity index (χ2v) is 9.58. The van der Waals surface area contributed by atoms with Crippen LogP contribution in [0.25, 0.3) is 5.69 Å². The van der Waals surface area contributed by atoms with Crippen LogP contribution in [0.2, 0.25) is 4.34 Å². The Balaban J connectivity index is 1.36. The molecule has 3 aromatic heterocycles. The average Bonchev–Trinajstić information content (AvgIpc) is 3.43. The molecule has 0 fully saturated rings. The van der Waals surface area contributed by atoms with Gasteiger partial charge >= 0.3 is 0 Å². The molecule has 5 rings (SSSR count). The number of rotatable bonds is 5. The summed E-state index contributed by atoms with van der Waals surface area (Å²) in [5.41, 5.74) is 2.86. The zero-order valence-electron chi connectivity index (χ0n) is 17.8. The molecule has 2 N–H and O–H groups in total. The first kappa shape index (κ1) is 22.1. The van der Waals surface area contributed by atoms with Gasteiger partial charge in [0.15, 0.2) is 0 Å². The van der Waals surface area contributed by atoms with E-state index in [0.29, 0.717) is 26.9 Å². The molecule has 0 spiro atoms. The molecule has 7 nitrogen and oxygen atoms in total. The first-order valence-corrected chi connectivity index (χ1v) is 11.8. The third-order valence-electron chi connectivity index (χ3n) is 5.75. The highest BCUT2D eigenvalue weighted by Gasteiger charge is 2.35. The lowest BCUT2D eigenvalue weighted by molar-refractivity contribution is 0.0890. The van der Waals surface area contributed by atoms with Crippen molar-refractivity contribution in [1.29, 1.82) is 0 Å². The van der Waals surface area contributed by atoms with E-state index < -0.39 is 6.04 Å². The van der Waals surface area contributed by atoms with E-state index in [0.717, 1.165) is 11.1 Å². The van der Waals surface area contributed by atoms with Gasteiger partial charge in [0.1, 0.15) is 0 Å². The molecule has 2 amide bonds. The van der Waals surface area contributed by atoms with Crippen molar-refractivity contribution >= 4 is 34.8 Å². The van der Waals surface area contributed by atoms with E-state index in [2.05, 4.69) is 15.6 Å². The number of halogens is 1. The van der Waals surface area contributed by atoms with Crippen molar-refractivity contribution in [2.24, 2.45) is 0 Å². The van der Waals surface area contributed by atoms with Crippen LogP contribution in [0.3, 0.4) is 0 Å². The number of amides is 2. The fraction of sp³-hybridized carbons (Fsp3) is 0.120. The van der Waals surface area contributed by atoms with Gasteiger partial charge in [0.05, 0.1) is 21.3 Å². The molecule has 3 heterocycles. The molecule has 4 aromatic rings. The van der Waals surface area contributed by atoms with Crippen LogP contribution in [0, 0.1) is 0 Å². The number of hydrogen-bond acceptors (Lipinski definition) is 5. The number of pyridine rings is 2. The molecule has 0 saturated heterocycles. The molecule has 0 saturated carbocycles. The second kappa shape index (κ2) is 9.24. The summed E-state index contributed by atoms with van der Waals surface area (Å²) in [7, 11) is 0. The van der Waals surface area contributed by atoms with Crippen LogP contribution in [0.5, 0.6) is 0 Å². The predicted molar refractivity (Wildman–Crippen MR) is 131 cm³/mol. The number of carbonyl (C=O) groups is 2. The Bertz CT molecular complexity index is 1430. The molecule has 1 aromatic carbocycles. The number of carbonyl (C=O) groups excluding carboxylic acids is 2. The van der Waals surface area contributed by atoms with Gasteiger partial charge < -0.3 is 10.6 Å². The van der Waals surface area contributed by atoms with Crippen molar-refractivity contribution in [3.8, 4) is 5.69 Å². The van der Waals surface area contributed by atoms with Crippen LogP contribution >= 0.6 is 22.9 Å². The van der Waals surface area contributed by atoms with E-state index in [1.807, 2.05) is 6.07 Å². The SMILES string of the molecule is O=C(N[C@H]1c2ccncc2C[C@H]1NC(=O)c1ccc(Cl)s1)c1ccc(-n2ccccc2=O)cc1. The van der Waals surface area contributed by atoms with E-state index in [1.165, 1.54) is 22.0 Å². The van der Waals surface area contributed by atoms with E-state index in [4.69, 9.17) is 11.6 Å². The summed E-state index contributed by atoms with van der Waals surface area (Å²) in [6.07, 6.45) is 5.66. The lowest BCUT2D eigenvalue weighted by Crippen LogP contribution is -2.44. The predicted octanol–water partition coefficient (Wildman–Crippen LogP) is 3.77. The summed E-state index contributed by atoms with van der Waals surface area (Å²) in [5, 5.41) is 6.09. The summed E-state index contributed by atoms with van der Waals surface area (Å²) in [5.74, 6) is -0.514. The Kier molecular flexibility index (Phi) is 6.00. The van der Waals surface area contributed by atoms with Crippen LogP contribution < -0.4 is 16.2 Å². The third-order valence-corrected chi connectivity index (χ3v) is 6.98. The molecule has 0 unspecified atom stereocenters. The molecule has 1 aliphatic rings. The quantitative estimate of drug-likeness (QED) is 0.445. The highest BCUT2D eigenvalue weighted by molar-refractivity contribution is 7.18. The highest BCUT2D eigenvalue weighted by Crippen LogP contribution is 2.32. The van der Waals surface area contributed by atoms with Crippen molar-refractivity contribution in [3.05, 3.63) is 116 Å². The van der Waals surface area contributed by atoms with Gasteiger partial charge in [0.25, 0.3) is 17.4 Å². The molecule has 170 valence electrons. The molecule has 0 aliphatic heterocycles. The molecule has 2 atom stereocenters. The Morgan fingerprint density at radius 3 is 2.56 bits per heavy atom. The van der Waals surface area contributed by atoms with Crippen LogP contribution in [0.1, 0.15) is 37.2 Å². The zero-order chi connectivity index (χ0) is 23.7. The molecular formula is C25H19ClN4O3S. The maximum atomic E-state index is 13.1. The van der Waals surface area contributed by atoms with Crippen LogP contribution in [-0.2, 0) is 6.42 Å². The molecule has 0 radical (unpaired) electrons. The standard InChI is InChI=1S/C25H19ClN4O3S/c26-21-9-8-20(34-21)25(33)28-19-13-16-14-27-11-10-18(16)23(19)29-24(32)15-4-6-17(7-5-15)30-12-2-1-3-22(30)31/h1-12,14,19,23H,13H2,(H,28,33)(H,29,32)/t19-,23+/m1/s1. The maximum Gasteiger partial charge on any atom is 0.261 e. The zero-order valence-corrected chi connectivity index (χ0v) is 19.3. The van der Waals surface area contributed by atoms with E-state index >= 15 is 0 Å². The monoisotopic (exact) mass is 490 g/mol. The second-order valence-electron chi connectivity index (χ2n) is 7.87. The average molecular weight is 491 g/mol. The normalized spacial score (nSPS) is 16.6. The largest absolute Gasteiger partial charge is 0.346 e. The Morgan fingerprint density at radius 2 is 1.82 bits per heavy atom. The van der Waals surface area contributed by atoms with Crippen LogP contribution in [0.15, 0.2) is 84.0 Å². The van der Waals surface area contributed by atoms with Crippen molar-refractivity contribution < 1.29 is 9.59 Å². The lowest BCUT2D eigenvalue weighted by atomic mass is 10.1. The Morgan fingerprint density at radius 1 is 1.00 bits per heavy atom. The van der Waals surface area contributed by atoms with Gasteiger partial charge in [-0.05, 0) is 66.1 Å². The van der Waals surface area contributed by atoms with Gasteiger partial charge in [-0.15, -0.1) is 11.3 Å². The number of nitrogens with one attached hydrogen (secondary N) is 2. The Hall–Kier alpha value is -3.75. The number of benzene rings is 1. The summed E-state index contributed by atoms with van der Waals surface area (Å²) >= 11 is 7.18. The number of thiophene rings is 1. The van der Waals surface area contributed by atoms with E-state index in [-0.39, 0.29) is 23.4 Å². The van der Waals surface area contributed by atoms with Gasteiger partial charge in [-0.1, -0.05) is 17.7 Å². The third kappa shape index (κ3) is 4.37.